The smallest absolute Gasteiger partial charge is 0.254 e. The third-order valence-corrected chi connectivity index (χ3v) is 3.78. The molecule has 1 N–H and O–H groups in total. The van der Waals surface area contributed by atoms with Crippen molar-refractivity contribution in [3.63, 3.8) is 0 Å². The van der Waals surface area contributed by atoms with E-state index in [1.807, 2.05) is 49.3 Å². The van der Waals surface area contributed by atoms with Gasteiger partial charge in [-0.3, -0.25) is 4.79 Å². The van der Waals surface area contributed by atoms with Gasteiger partial charge in [-0.05, 0) is 30.9 Å². The van der Waals surface area contributed by atoms with E-state index in [2.05, 4.69) is 10.3 Å². The zero-order chi connectivity index (χ0) is 14.1. The zero-order valence-corrected chi connectivity index (χ0v) is 11.9. The molecule has 1 aromatic heterocycles. The SMILES string of the molecule is CNc1cc(C(=O)N(C)CC2CC2)c2ccccc2n1. The number of benzene rings is 1. The fourth-order valence-electron chi connectivity index (χ4n) is 2.46. The summed E-state index contributed by atoms with van der Waals surface area (Å²) in [4.78, 5) is 19.0. The Morgan fingerprint density at radius 2 is 2.15 bits per heavy atom. The van der Waals surface area contributed by atoms with E-state index in [1.54, 1.807) is 0 Å². The molecule has 0 bridgehead atoms. The fraction of sp³-hybridized carbons (Fsp3) is 0.375. The fourth-order valence-corrected chi connectivity index (χ4v) is 2.46. The molecule has 20 heavy (non-hydrogen) atoms. The number of nitrogens with one attached hydrogen (secondary N) is 1. The van der Waals surface area contributed by atoms with Crippen LogP contribution >= 0.6 is 0 Å². The summed E-state index contributed by atoms with van der Waals surface area (Å²) in [7, 11) is 3.70. The molecular formula is C16H19N3O. The Morgan fingerprint density at radius 3 is 2.85 bits per heavy atom. The Hall–Kier alpha value is -2.10. The summed E-state index contributed by atoms with van der Waals surface area (Å²) in [6.07, 6.45) is 2.49. The van der Waals surface area contributed by atoms with Crippen LogP contribution in [0.2, 0.25) is 0 Å². The number of hydrogen-bond acceptors (Lipinski definition) is 3. The molecule has 4 nitrogen and oxygen atoms in total. The second kappa shape index (κ2) is 5.12. The van der Waals surface area contributed by atoms with E-state index in [0.717, 1.165) is 28.8 Å². The van der Waals surface area contributed by atoms with Crippen LogP contribution in [0.15, 0.2) is 30.3 Å². The highest BCUT2D eigenvalue weighted by Gasteiger charge is 2.26. The normalized spacial score (nSPS) is 14.3. The molecule has 1 amide bonds. The molecule has 0 aliphatic heterocycles. The van der Waals surface area contributed by atoms with Gasteiger partial charge in [-0.25, -0.2) is 4.98 Å². The number of anilines is 1. The predicted octanol–water partition coefficient (Wildman–Crippen LogP) is 2.76. The van der Waals surface area contributed by atoms with E-state index in [-0.39, 0.29) is 5.91 Å². The summed E-state index contributed by atoms with van der Waals surface area (Å²) in [5.41, 5.74) is 1.57. The molecule has 104 valence electrons. The van der Waals surface area contributed by atoms with Crippen LogP contribution in [0.5, 0.6) is 0 Å². The highest BCUT2D eigenvalue weighted by Crippen LogP contribution is 2.30. The van der Waals surface area contributed by atoms with Gasteiger partial charge in [-0.15, -0.1) is 0 Å². The third kappa shape index (κ3) is 2.46. The van der Waals surface area contributed by atoms with Crippen LogP contribution in [-0.2, 0) is 0 Å². The molecule has 1 aliphatic rings. The van der Waals surface area contributed by atoms with Crippen molar-refractivity contribution in [2.75, 3.05) is 26.0 Å². The Bertz CT molecular complexity index is 649. The van der Waals surface area contributed by atoms with E-state index >= 15 is 0 Å². The summed E-state index contributed by atoms with van der Waals surface area (Å²) < 4.78 is 0. The second-order valence-corrected chi connectivity index (χ2v) is 5.45. The summed E-state index contributed by atoms with van der Waals surface area (Å²) in [5.74, 6) is 1.50. The van der Waals surface area contributed by atoms with Crippen molar-refractivity contribution in [1.82, 2.24) is 9.88 Å². The van der Waals surface area contributed by atoms with Crippen molar-refractivity contribution in [3.8, 4) is 0 Å². The molecule has 0 atom stereocenters. The number of carbonyl (C=O) groups excluding carboxylic acids is 1. The van der Waals surface area contributed by atoms with Gasteiger partial charge in [0, 0.05) is 26.0 Å². The van der Waals surface area contributed by atoms with Gasteiger partial charge >= 0.3 is 0 Å². The molecule has 1 aromatic carbocycles. The Kier molecular flexibility index (Phi) is 3.30. The lowest BCUT2D eigenvalue weighted by atomic mass is 10.1. The number of rotatable bonds is 4. The molecule has 2 aromatic rings. The van der Waals surface area contributed by atoms with Crippen LogP contribution in [0.25, 0.3) is 10.9 Å². The number of nitrogens with zero attached hydrogens (tertiary/aromatic N) is 2. The van der Waals surface area contributed by atoms with Gasteiger partial charge in [0.2, 0.25) is 0 Å². The Balaban J connectivity index is 2.01. The number of amides is 1. The number of hydrogen-bond donors (Lipinski definition) is 1. The van der Waals surface area contributed by atoms with E-state index in [4.69, 9.17) is 0 Å². The molecule has 0 spiro atoms. The van der Waals surface area contributed by atoms with Gasteiger partial charge in [0.25, 0.3) is 5.91 Å². The maximum Gasteiger partial charge on any atom is 0.254 e. The van der Waals surface area contributed by atoms with Gasteiger partial charge in [0.1, 0.15) is 5.82 Å². The van der Waals surface area contributed by atoms with Crippen molar-refractivity contribution in [2.45, 2.75) is 12.8 Å². The largest absolute Gasteiger partial charge is 0.373 e. The van der Waals surface area contributed by atoms with E-state index in [9.17, 15) is 4.79 Å². The molecular weight excluding hydrogens is 250 g/mol. The van der Waals surface area contributed by atoms with Crippen LogP contribution in [0.4, 0.5) is 5.82 Å². The van der Waals surface area contributed by atoms with Crippen LogP contribution in [0.1, 0.15) is 23.2 Å². The first-order valence-electron chi connectivity index (χ1n) is 7.02. The van der Waals surface area contributed by atoms with Crippen molar-refractivity contribution in [1.29, 1.82) is 0 Å². The van der Waals surface area contributed by atoms with Gasteiger partial charge in [-0.1, -0.05) is 18.2 Å². The Labute approximate surface area is 118 Å². The molecule has 3 rings (SSSR count). The van der Waals surface area contributed by atoms with Crippen molar-refractivity contribution >= 4 is 22.6 Å². The number of carbonyl (C=O) groups is 1. The molecule has 4 heteroatoms. The molecule has 0 radical (unpaired) electrons. The zero-order valence-electron chi connectivity index (χ0n) is 11.9. The average molecular weight is 269 g/mol. The molecule has 0 unspecified atom stereocenters. The van der Waals surface area contributed by atoms with Gasteiger partial charge in [-0.2, -0.15) is 0 Å². The van der Waals surface area contributed by atoms with Gasteiger partial charge in [0.15, 0.2) is 0 Å². The van der Waals surface area contributed by atoms with Crippen LogP contribution < -0.4 is 5.32 Å². The van der Waals surface area contributed by atoms with Crippen molar-refractivity contribution in [3.05, 3.63) is 35.9 Å². The molecule has 0 saturated heterocycles. The van der Waals surface area contributed by atoms with Crippen molar-refractivity contribution < 1.29 is 4.79 Å². The summed E-state index contributed by atoms with van der Waals surface area (Å²) in [6, 6.07) is 9.62. The minimum absolute atomic E-state index is 0.0759. The lowest BCUT2D eigenvalue weighted by molar-refractivity contribution is 0.0790. The lowest BCUT2D eigenvalue weighted by Crippen LogP contribution is -2.29. The minimum Gasteiger partial charge on any atom is -0.373 e. The molecule has 1 saturated carbocycles. The predicted molar refractivity (Wildman–Crippen MR) is 81.0 cm³/mol. The first-order chi connectivity index (χ1) is 9.69. The number of fused-ring (bicyclic) bond motifs is 1. The highest BCUT2D eigenvalue weighted by molar-refractivity contribution is 6.06. The van der Waals surface area contributed by atoms with Crippen molar-refractivity contribution in [2.24, 2.45) is 5.92 Å². The second-order valence-electron chi connectivity index (χ2n) is 5.45. The average Bonchev–Trinajstić information content (AvgIpc) is 3.29. The molecule has 1 heterocycles. The number of aromatic nitrogens is 1. The summed E-state index contributed by atoms with van der Waals surface area (Å²) in [5, 5.41) is 3.94. The first-order valence-corrected chi connectivity index (χ1v) is 7.02. The maximum absolute atomic E-state index is 12.7. The molecule has 1 aliphatic carbocycles. The first kappa shape index (κ1) is 12.9. The summed E-state index contributed by atoms with van der Waals surface area (Å²) >= 11 is 0. The third-order valence-electron chi connectivity index (χ3n) is 3.78. The van der Waals surface area contributed by atoms with Crippen LogP contribution in [0, 0.1) is 5.92 Å². The van der Waals surface area contributed by atoms with Gasteiger partial charge in [0.05, 0.1) is 11.1 Å². The quantitative estimate of drug-likeness (QED) is 0.928. The number of para-hydroxylation sites is 1. The monoisotopic (exact) mass is 269 g/mol. The Morgan fingerprint density at radius 1 is 1.40 bits per heavy atom. The molecule has 1 fully saturated rings. The lowest BCUT2D eigenvalue weighted by Gasteiger charge is -2.18. The van der Waals surface area contributed by atoms with E-state index in [0.29, 0.717) is 5.92 Å². The van der Waals surface area contributed by atoms with E-state index in [1.165, 1.54) is 12.8 Å². The van der Waals surface area contributed by atoms with Gasteiger partial charge < -0.3 is 10.2 Å². The highest BCUT2D eigenvalue weighted by atomic mass is 16.2. The van der Waals surface area contributed by atoms with E-state index < -0.39 is 0 Å². The minimum atomic E-state index is 0.0759. The standard InChI is InChI=1S/C16H19N3O/c1-17-15-9-13(12-5-3-4-6-14(12)18-15)16(20)19(2)10-11-7-8-11/h3-6,9,11H,7-8,10H2,1-2H3,(H,17,18). The van der Waals surface area contributed by atoms with Crippen LogP contribution in [-0.4, -0.2) is 36.4 Å². The maximum atomic E-state index is 12.7. The topological polar surface area (TPSA) is 45.2 Å². The number of pyridine rings is 1. The van der Waals surface area contributed by atoms with Crippen LogP contribution in [0.3, 0.4) is 0 Å². The summed E-state index contributed by atoms with van der Waals surface area (Å²) in [6.45, 7) is 0.852.